The number of carbonyl (C=O) groups excluding carboxylic acids is 1. The lowest BCUT2D eigenvalue weighted by Crippen LogP contribution is -2.60. The molecule has 0 radical (unpaired) electrons. The lowest BCUT2D eigenvalue weighted by atomic mass is 9.95. The van der Waals surface area contributed by atoms with E-state index >= 15 is 0 Å². The second-order valence-corrected chi connectivity index (χ2v) is 7.46. The molecule has 0 saturated carbocycles. The normalized spacial score (nSPS) is 30.4. The van der Waals surface area contributed by atoms with Crippen LogP contribution in [0.2, 0.25) is 0 Å². The van der Waals surface area contributed by atoms with Gasteiger partial charge in [0.2, 0.25) is 6.29 Å². The van der Waals surface area contributed by atoms with Gasteiger partial charge < -0.3 is 44.8 Å². The molecule has 6 atom stereocenters. The smallest absolute Gasteiger partial charge is 0.229 e. The predicted molar refractivity (Wildman–Crippen MR) is 103 cm³/mol. The van der Waals surface area contributed by atoms with E-state index < -0.39 is 43.4 Å². The number of phenols is 2. The SMILES string of the molecule is O=C1C[C@H](c2ccc(O)cc2)Oc2cc(O)cc(O[C@H]3O[C@H](CO)[C@H](O)[C@@H](O)[C@H]3O)c21. The molecule has 4 rings (SSSR count). The lowest BCUT2D eigenvalue weighted by Gasteiger charge is -2.40. The number of hydrogen-bond donors (Lipinski definition) is 6. The van der Waals surface area contributed by atoms with Gasteiger partial charge in [-0.15, -0.1) is 0 Å². The van der Waals surface area contributed by atoms with Crippen molar-refractivity contribution in [2.24, 2.45) is 0 Å². The zero-order chi connectivity index (χ0) is 22.3. The van der Waals surface area contributed by atoms with Crippen LogP contribution in [0.3, 0.4) is 0 Å². The summed E-state index contributed by atoms with van der Waals surface area (Å²) in [6.07, 6.45) is -8.31. The minimum absolute atomic E-state index is 0.0183. The van der Waals surface area contributed by atoms with Crippen molar-refractivity contribution in [3.63, 3.8) is 0 Å². The Hall–Kier alpha value is -2.89. The van der Waals surface area contributed by atoms with Crippen LogP contribution in [0.5, 0.6) is 23.0 Å². The van der Waals surface area contributed by atoms with Crippen molar-refractivity contribution in [1.29, 1.82) is 0 Å². The van der Waals surface area contributed by atoms with E-state index in [9.17, 15) is 35.4 Å². The van der Waals surface area contributed by atoms with Gasteiger partial charge in [-0.05, 0) is 17.7 Å². The van der Waals surface area contributed by atoms with Gasteiger partial charge in [0.05, 0.1) is 13.0 Å². The maximum absolute atomic E-state index is 12.9. The highest BCUT2D eigenvalue weighted by Crippen LogP contribution is 2.43. The average Bonchev–Trinajstić information content (AvgIpc) is 2.74. The second kappa shape index (κ2) is 8.33. The maximum Gasteiger partial charge on any atom is 0.229 e. The van der Waals surface area contributed by atoms with Crippen molar-refractivity contribution in [3.05, 3.63) is 47.5 Å². The highest BCUT2D eigenvalue weighted by atomic mass is 16.7. The van der Waals surface area contributed by atoms with Gasteiger partial charge in [0.15, 0.2) is 5.78 Å². The summed E-state index contributed by atoms with van der Waals surface area (Å²) in [4.78, 5) is 12.9. The van der Waals surface area contributed by atoms with Crippen LogP contribution in [-0.4, -0.2) is 73.7 Å². The number of aliphatic hydroxyl groups excluding tert-OH is 4. The summed E-state index contributed by atoms with van der Waals surface area (Å²) in [7, 11) is 0. The molecule has 0 bridgehead atoms. The van der Waals surface area contributed by atoms with Crippen LogP contribution >= 0.6 is 0 Å². The van der Waals surface area contributed by atoms with Crippen molar-refractivity contribution < 1.29 is 49.6 Å². The Kier molecular flexibility index (Phi) is 5.73. The Morgan fingerprint density at radius 1 is 0.968 bits per heavy atom. The number of rotatable bonds is 4. The number of ether oxygens (including phenoxy) is 3. The second-order valence-electron chi connectivity index (χ2n) is 7.46. The molecule has 166 valence electrons. The minimum Gasteiger partial charge on any atom is -0.508 e. The molecule has 0 amide bonds. The third-order valence-electron chi connectivity index (χ3n) is 5.33. The van der Waals surface area contributed by atoms with Gasteiger partial charge >= 0.3 is 0 Å². The molecule has 0 aliphatic carbocycles. The van der Waals surface area contributed by atoms with E-state index in [0.29, 0.717) is 5.56 Å². The molecular weight excluding hydrogens is 412 g/mol. The number of carbonyl (C=O) groups is 1. The van der Waals surface area contributed by atoms with Gasteiger partial charge in [-0.25, -0.2) is 0 Å². The van der Waals surface area contributed by atoms with Crippen molar-refractivity contribution >= 4 is 5.78 Å². The van der Waals surface area contributed by atoms with E-state index in [0.717, 1.165) is 6.07 Å². The third kappa shape index (κ3) is 4.03. The largest absolute Gasteiger partial charge is 0.508 e. The number of ketones is 1. The molecule has 2 aliphatic rings. The topological polar surface area (TPSA) is 166 Å². The van der Waals surface area contributed by atoms with Gasteiger partial charge in [0.25, 0.3) is 0 Å². The summed E-state index contributed by atoms with van der Waals surface area (Å²) in [5.74, 6) is -0.669. The first kappa shape index (κ1) is 21.3. The fraction of sp³-hybridized carbons (Fsp3) is 0.381. The third-order valence-corrected chi connectivity index (χ3v) is 5.33. The summed E-state index contributed by atoms with van der Waals surface area (Å²) < 4.78 is 16.8. The molecule has 2 aliphatic heterocycles. The van der Waals surface area contributed by atoms with E-state index in [-0.39, 0.29) is 40.8 Å². The van der Waals surface area contributed by atoms with Crippen molar-refractivity contribution in [1.82, 2.24) is 0 Å². The average molecular weight is 434 g/mol. The first-order valence-electron chi connectivity index (χ1n) is 9.61. The molecule has 0 aromatic heterocycles. The zero-order valence-electron chi connectivity index (χ0n) is 16.2. The summed E-state index contributed by atoms with van der Waals surface area (Å²) in [6.45, 7) is -0.640. The number of phenolic OH excluding ortho intramolecular Hbond substituents is 2. The van der Waals surface area contributed by atoms with Crippen molar-refractivity contribution in [2.75, 3.05) is 6.61 Å². The Bertz CT molecular complexity index is 957. The number of Topliss-reactive ketones (excluding diaryl/α,β-unsaturated/α-hetero) is 1. The Morgan fingerprint density at radius 3 is 2.35 bits per heavy atom. The molecule has 1 fully saturated rings. The number of fused-ring (bicyclic) bond motifs is 1. The van der Waals surface area contributed by atoms with E-state index in [1.165, 1.54) is 18.2 Å². The molecule has 2 aromatic rings. The Morgan fingerprint density at radius 2 is 1.68 bits per heavy atom. The van der Waals surface area contributed by atoms with Crippen LogP contribution in [0.4, 0.5) is 0 Å². The number of hydrogen-bond acceptors (Lipinski definition) is 10. The molecule has 10 heteroatoms. The number of aliphatic hydroxyl groups is 4. The van der Waals surface area contributed by atoms with Crippen LogP contribution < -0.4 is 9.47 Å². The molecular formula is C21H22O10. The standard InChI is InChI=1S/C21H22O10/c22-8-16-18(26)19(27)20(28)21(31-16)30-15-6-11(24)5-14-17(15)12(25)7-13(29-14)9-1-3-10(23)4-2-9/h1-6,13,16,18-24,26-28H,7-8H2/t13-,16-,18+,19-,20-,21+/m1/s1. The van der Waals surface area contributed by atoms with Gasteiger partial charge in [0, 0.05) is 12.1 Å². The van der Waals surface area contributed by atoms with Gasteiger partial charge in [-0.2, -0.15) is 0 Å². The fourth-order valence-electron chi connectivity index (χ4n) is 3.67. The molecule has 6 N–H and O–H groups in total. The van der Waals surface area contributed by atoms with Crippen molar-refractivity contribution in [3.8, 4) is 23.0 Å². The highest BCUT2D eigenvalue weighted by Gasteiger charge is 2.45. The molecule has 1 saturated heterocycles. The lowest BCUT2D eigenvalue weighted by molar-refractivity contribution is -0.277. The summed E-state index contributed by atoms with van der Waals surface area (Å²) in [6, 6.07) is 8.56. The quantitative estimate of drug-likeness (QED) is 0.385. The first-order valence-corrected chi connectivity index (χ1v) is 9.61. The predicted octanol–water partition coefficient (Wildman–Crippen LogP) is -0.0170. The van der Waals surface area contributed by atoms with Gasteiger partial charge in [0.1, 0.15) is 59.1 Å². The fourth-order valence-corrected chi connectivity index (χ4v) is 3.67. The maximum atomic E-state index is 12.9. The van der Waals surface area contributed by atoms with E-state index in [4.69, 9.17) is 14.2 Å². The molecule has 10 nitrogen and oxygen atoms in total. The Labute approximate surface area is 176 Å². The van der Waals surface area contributed by atoms with Crippen LogP contribution in [0.15, 0.2) is 36.4 Å². The van der Waals surface area contributed by atoms with Gasteiger partial charge in [-0.1, -0.05) is 12.1 Å². The summed E-state index contributed by atoms with van der Waals surface area (Å²) in [5.41, 5.74) is 0.668. The highest BCUT2D eigenvalue weighted by molar-refractivity contribution is 6.02. The van der Waals surface area contributed by atoms with Crippen LogP contribution in [-0.2, 0) is 4.74 Å². The Balaban J connectivity index is 1.63. The molecule has 2 aromatic carbocycles. The molecule has 0 unspecified atom stereocenters. The summed E-state index contributed by atoms with van der Waals surface area (Å²) in [5, 5.41) is 58.9. The number of benzene rings is 2. The molecule has 0 spiro atoms. The minimum atomic E-state index is -1.68. The zero-order valence-corrected chi connectivity index (χ0v) is 16.2. The molecule has 31 heavy (non-hydrogen) atoms. The summed E-state index contributed by atoms with van der Waals surface area (Å²) >= 11 is 0. The van der Waals surface area contributed by atoms with Crippen LogP contribution in [0, 0.1) is 0 Å². The van der Waals surface area contributed by atoms with Gasteiger partial charge in [-0.3, -0.25) is 4.79 Å². The monoisotopic (exact) mass is 434 g/mol. The van der Waals surface area contributed by atoms with Crippen LogP contribution in [0.25, 0.3) is 0 Å². The first-order chi connectivity index (χ1) is 14.8. The molecule has 2 heterocycles. The van der Waals surface area contributed by atoms with Crippen molar-refractivity contribution in [2.45, 2.75) is 43.2 Å². The van der Waals surface area contributed by atoms with E-state index in [1.807, 2.05) is 0 Å². The van der Waals surface area contributed by atoms with Crippen LogP contribution in [0.1, 0.15) is 28.4 Å². The van der Waals surface area contributed by atoms with E-state index in [2.05, 4.69) is 0 Å². The van der Waals surface area contributed by atoms with E-state index in [1.54, 1.807) is 12.1 Å². The number of aromatic hydroxyl groups is 2.